The van der Waals surface area contributed by atoms with Crippen LogP contribution < -0.4 is 5.32 Å². The van der Waals surface area contributed by atoms with Crippen molar-refractivity contribution in [3.05, 3.63) is 0 Å². The van der Waals surface area contributed by atoms with Gasteiger partial charge in [0.1, 0.15) is 12.3 Å². The van der Waals surface area contributed by atoms with Crippen LogP contribution in [-0.2, 0) is 8.91 Å². The highest BCUT2D eigenvalue weighted by molar-refractivity contribution is 6.61. The molecule has 0 aliphatic carbocycles. The van der Waals surface area contributed by atoms with Gasteiger partial charge in [-0.15, -0.1) is 0 Å². The van der Waals surface area contributed by atoms with Crippen molar-refractivity contribution < 1.29 is 33.2 Å². The number of nitrogens with one attached hydrogen (secondary N) is 1. The first-order valence-corrected chi connectivity index (χ1v) is 7.90. The summed E-state index contributed by atoms with van der Waals surface area (Å²) in [4.78, 5) is 44.9. The molecule has 0 aliphatic heterocycles. The van der Waals surface area contributed by atoms with Crippen LogP contribution in [0, 0.1) is 0 Å². The number of hydrogen-bond acceptors (Lipinski definition) is 8. The molecule has 10 heteroatoms. The first kappa shape index (κ1) is 15.8. The van der Waals surface area contributed by atoms with Crippen LogP contribution in [0.4, 0.5) is 0 Å². The zero-order valence-corrected chi connectivity index (χ0v) is 10.5. The standard InChI is InChI=1S/C6H16NO7Si2/c8-4-6(5-9)7-2-1-3-15(10)14-16(11,12)13/h4,6-7,9-13H,1-3,5H2/q+1. The molecule has 0 saturated heterocycles. The third-order valence-electron chi connectivity index (χ3n) is 1.59. The van der Waals surface area contributed by atoms with Gasteiger partial charge in [-0.1, -0.05) is 0 Å². The maximum absolute atomic E-state index is 10.3. The maximum atomic E-state index is 10.3. The van der Waals surface area contributed by atoms with Crippen molar-refractivity contribution in [1.29, 1.82) is 0 Å². The molecule has 0 rings (SSSR count). The van der Waals surface area contributed by atoms with E-state index in [2.05, 4.69) is 9.43 Å². The second kappa shape index (κ2) is 7.99. The van der Waals surface area contributed by atoms with Gasteiger partial charge >= 0.3 is 18.3 Å². The summed E-state index contributed by atoms with van der Waals surface area (Å²) < 4.78 is 4.21. The zero-order valence-electron chi connectivity index (χ0n) is 8.54. The normalized spacial score (nSPS) is 13.6. The molecule has 0 aliphatic rings. The second-order valence-corrected chi connectivity index (χ2v) is 6.30. The van der Waals surface area contributed by atoms with Crippen LogP contribution in [0.15, 0.2) is 0 Å². The lowest BCUT2D eigenvalue weighted by Crippen LogP contribution is -2.44. The Morgan fingerprint density at radius 3 is 2.50 bits per heavy atom. The minimum absolute atomic E-state index is 0.158. The quantitative estimate of drug-likeness (QED) is 0.144. The van der Waals surface area contributed by atoms with Crippen LogP contribution >= 0.6 is 0 Å². The summed E-state index contributed by atoms with van der Waals surface area (Å²) >= 11 is 0. The molecular formula is C6H16NO7Si2+. The molecule has 0 fully saturated rings. The van der Waals surface area contributed by atoms with E-state index in [9.17, 15) is 4.79 Å². The molecule has 0 aromatic carbocycles. The second-order valence-electron chi connectivity index (χ2n) is 3.05. The van der Waals surface area contributed by atoms with E-state index in [-0.39, 0.29) is 12.7 Å². The molecular weight excluding hydrogens is 254 g/mol. The summed E-state index contributed by atoms with van der Waals surface area (Å²) in [6, 6.07) is -0.484. The Labute approximate surface area is 95.5 Å². The Morgan fingerprint density at radius 2 is 2.06 bits per heavy atom. The average molecular weight is 270 g/mol. The first-order valence-electron chi connectivity index (χ1n) is 4.59. The van der Waals surface area contributed by atoms with Gasteiger partial charge in [0, 0.05) is 0 Å². The zero-order chi connectivity index (χ0) is 12.6. The fourth-order valence-corrected chi connectivity index (χ4v) is 3.04. The van der Waals surface area contributed by atoms with E-state index in [4.69, 9.17) is 24.3 Å². The number of carbonyl (C=O) groups excluding carboxylic acids is 1. The summed E-state index contributed by atoms with van der Waals surface area (Å²) in [5, 5.41) is 11.3. The largest absolute Gasteiger partial charge is 0.703 e. The molecule has 0 amide bonds. The molecule has 0 saturated carbocycles. The van der Waals surface area contributed by atoms with E-state index in [0.29, 0.717) is 19.3 Å². The first-order chi connectivity index (χ1) is 7.39. The highest BCUT2D eigenvalue weighted by Gasteiger charge is 2.45. The fraction of sp³-hybridized carbons (Fsp3) is 0.833. The molecule has 94 valence electrons. The lowest BCUT2D eigenvalue weighted by Gasteiger charge is -2.08. The third-order valence-corrected chi connectivity index (χ3v) is 4.41. The van der Waals surface area contributed by atoms with Gasteiger partial charge < -0.3 is 29.6 Å². The minimum atomic E-state index is -4.64. The van der Waals surface area contributed by atoms with Crippen molar-refractivity contribution in [3.63, 3.8) is 0 Å². The van der Waals surface area contributed by atoms with Crippen molar-refractivity contribution in [2.75, 3.05) is 13.2 Å². The smallest absolute Gasteiger partial charge is 0.394 e. The van der Waals surface area contributed by atoms with Gasteiger partial charge in [-0.3, -0.25) is 0 Å². The van der Waals surface area contributed by atoms with Crippen LogP contribution in [0.2, 0.25) is 6.04 Å². The summed E-state index contributed by atoms with van der Waals surface area (Å²) in [5.74, 6) is 0. The lowest BCUT2D eigenvalue weighted by molar-refractivity contribution is -0.110. The lowest BCUT2D eigenvalue weighted by atomic mass is 10.3. The van der Waals surface area contributed by atoms with Gasteiger partial charge in [0.05, 0.1) is 12.6 Å². The molecule has 0 aromatic rings. The predicted molar refractivity (Wildman–Crippen MR) is 55.8 cm³/mol. The molecule has 0 radical (unpaired) electrons. The number of aldehydes is 1. The van der Waals surface area contributed by atoms with Gasteiger partial charge in [-0.25, -0.2) is 4.80 Å². The van der Waals surface area contributed by atoms with Crippen molar-refractivity contribution in [2.45, 2.75) is 18.5 Å². The van der Waals surface area contributed by atoms with Crippen LogP contribution in [0.5, 0.6) is 0 Å². The van der Waals surface area contributed by atoms with Gasteiger partial charge in [0.2, 0.25) is 0 Å². The van der Waals surface area contributed by atoms with E-state index < -0.39 is 24.4 Å². The van der Waals surface area contributed by atoms with Gasteiger partial charge in [0.25, 0.3) is 0 Å². The van der Waals surface area contributed by atoms with Crippen molar-refractivity contribution in [3.8, 4) is 0 Å². The Hall–Kier alpha value is -0.176. The van der Waals surface area contributed by atoms with Crippen LogP contribution in [-0.4, -0.2) is 68.1 Å². The van der Waals surface area contributed by atoms with E-state index >= 15 is 0 Å². The maximum Gasteiger partial charge on any atom is 0.703 e. The Balaban J connectivity index is 3.55. The Kier molecular flexibility index (Phi) is 7.91. The fourth-order valence-electron chi connectivity index (χ4n) is 0.892. The summed E-state index contributed by atoms with van der Waals surface area (Å²) in [5.41, 5.74) is 0. The highest BCUT2D eigenvalue weighted by Crippen LogP contribution is 2.00. The molecule has 6 N–H and O–H groups in total. The highest BCUT2D eigenvalue weighted by atomic mass is 28.5. The SMILES string of the molecule is O=CC(CO)NCCC[Si+](O)O[Si](O)(O)O. The molecule has 0 aromatic heterocycles. The van der Waals surface area contributed by atoms with E-state index in [1.807, 2.05) is 0 Å². The van der Waals surface area contributed by atoms with Crippen LogP contribution in [0.1, 0.15) is 6.42 Å². The molecule has 0 bridgehead atoms. The summed E-state index contributed by atoms with van der Waals surface area (Å²) in [7, 11) is -7.07. The monoisotopic (exact) mass is 270 g/mol. The third kappa shape index (κ3) is 9.08. The van der Waals surface area contributed by atoms with Crippen LogP contribution in [0.3, 0.4) is 0 Å². The molecule has 1 atom stereocenters. The topological polar surface area (TPSA) is 139 Å². The van der Waals surface area contributed by atoms with Crippen molar-refractivity contribution in [1.82, 2.24) is 5.32 Å². The van der Waals surface area contributed by atoms with Gasteiger partial charge in [-0.2, -0.15) is 4.12 Å². The minimum Gasteiger partial charge on any atom is -0.394 e. The van der Waals surface area contributed by atoms with Crippen LogP contribution in [0.25, 0.3) is 0 Å². The Morgan fingerprint density at radius 1 is 1.44 bits per heavy atom. The van der Waals surface area contributed by atoms with E-state index in [0.717, 1.165) is 0 Å². The molecule has 1 unspecified atom stereocenters. The van der Waals surface area contributed by atoms with Crippen molar-refractivity contribution >= 4 is 24.6 Å². The number of hydrogen-bond donors (Lipinski definition) is 6. The van der Waals surface area contributed by atoms with Gasteiger partial charge in [0.15, 0.2) is 0 Å². The number of carbonyl (C=O) groups is 1. The van der Waals surface area contributed by atoms with E-state index in [1.165, 1.54) is 0 Å². The number of aliphatic hydroxyl groups is 1. The van der Waals surface area contributed by atoms with E-state index in [1.54, 1.807) is 0 Å². The number of aliphatic hydroxyl groups excluding tert-OH is 1. The summed E-state index contributed by atoms with van der Waals surface area (Å²) in [6.07, 6.45) is 0.980. The molecule has 16 heavy (non-hydrogen) atoms. The Bertz CT molecular complexity index is 200. The average Bonchev–Trinajstić information content (AvgIpc) is 2.15. The molecule has 0 heterocycles. The molecule has 8 nitrogen and oxygen atoms in total. The predicted octanol–water partition coefficient (Wildman–Crippen LogP) is -3.56. The van der Waals surface area contributed by atoms with Crippen molar-refractivity contribution in [2.24, 2.45) is 0 Å². The van der Waals surface area contributed by atoms with Gasteiger partial charge in [-0.05, 0) is 13.0 Å². The molecule has 0 spiro atoms. The number of rotatable bonds is 9. The summed E-state index contributed by atoms with van der Waals surface area (Å²) in [6.45, 7) is 0.0514.